The standard InChI is InChI=1S/C10H20N2O/c1-13-9-3-6-12(7-9)10(8-11)4-2-5-10/h9H,2-8,11H2,1H3. The van der Waals surface area contributed by atoms with Gasteiger partial charge in [0.05, 0.1) is 6.10 Å². The van der Waals surface area contributed by atoms with Crippen molar-refractivity contribution in [2.45, 2.75) is 37.3 Å². The molecular formula is C10H20N2O. The van der Waals surface area contributed by atoms with E-state index in [-0.39, 0.29) is 0 Å². The van der Waals surface area contributed by atoms with Gasteiger partial charge in [-0.2, -0.15) is 0 Å². The number of ether oxygens (including phenoxy) is 1. The Morgan fingerprint density at radius 3 is 2.69 bits per heavy atom. The molecule has 0 aromatic heterocycles. The first kappa shape index (κ1) is 9.44. The van der Waals surface area contributed by atoms with Crippen LogP contribution in [0.5, 0.6) is 0 Å². The highest BCUT2D eigenvalue weighted by Gasteiger charge is 2.43. The summed E-state index contributed by atoms with van der Waals surface area (Å²) in [6, 6.07) is 0. The molecule has 13 heavy (non-hydrogen) atoms. The van der Waals surface area contributed by atoms with Crippen LogP contribution in [0.3, 0.4) is 0 Å². The van der Waals surface area contributed by atoms with E-state index in [0.29, 0.717) is 11.6 Å². The third-order valence-electron chi connectivity index (χ3n) is 3.81. The minimum Gasteiger partial charge on any atom is -0.380 e. The van der Waals surface area contributed by atoms with Gasteiger partial charge in [-0.3, -0.25) is 4.90 Å². The van der Waals surface area contributed by atoms with Crippen molar-refractivity contribution in [3.05, 3.63) is 0 Å². The summed E-state index contributed by atoms with van der Waals surface area (Å²) >= 11 is 0. The molecule has 1 saturated carbocycles. The van der Waals surface area contributed by atoms with Crippen LogP contribution in [0.25, 0.3) is 0 Å². The van der Waals surface area contributed by atoms with Gasteiger partial charge in [0, 0.05) is 32.3 Å². The van der Waals surface area contributed by atoms with Gasteiger partial charge in [0.15, 0.2) is 0 Å². The molecule has 1 aliphatic heterocycles. The average molecular weight is 184 g/mol. The van der Waals surface area contributed by atoms with Gasteiger partial charge in [-0.05, 0) is 25.7 Å². The Labute approximate surface area is 80.2 Å². The van der Waals surface area contributed by atoms with E-state index >= 15 is 0 Å². The summed E-state index contributed by atoms with van der Waals surface area (Å²) in [5.41, 5.74) is 6.21. The molecule has 1 saturated heterocycles. The lowest BCUT2D eigenvalue weighted by Gasteiger charge is -2.48. The van der Waals surface area contributed by atoms with E-state index in [9.17, 15) is 0 Å². The quantitative estimate of drug-likeness (QED) is 0.697. The van der Waals surface area contributed by atoms with Crippen molar-refractivity contribution in [1.82, 2.24) is 4.90 Å². The molecule has 1 aliphatic carbocycles. The maximum absolute atomic E-state index is 5.85. The topological polar surface area (TPSA) is 38.5 Å². The monoisotopic (exact) mass is 184 g/mol. The Hall–Kier alpha value is -0.120. The van der Waals surface area contributed by atoms with Gasteiger partial charge in [-0.1, -0.05) is 0 Å². The Balaban J connectivity index is 1.94. The van der Waals surface area contributed by atoms with Crippen LogP contribution in [0.15, 0.2) is 0 Å². The Bertz CT molecular complexity index is 174. The summed E-state index contributed by atoms with van der Waals surface area (Å²) < 4.78 is 5.37. The zero-order valence-electron chi connectivity index (χ0n) is 8.46. The summed E-state index contributed by atoms with van der Waals surface area (Å²) in [4.78, 5) is 2.55. The molecule has 2 fully saturated rings. The third kappa shape index (κ3) is 1.49. The molecule has 3 heteroatoms. The molecule has 1 atom stereocenters. The van der Waals surface area contributed by atoms with Crippen LogP contribution < -0.4 is 5.73 Å². The third-order valence-corrected chi connectivity index (χ3v) is 3.81. The maximum Gasteiger partial charge on any atom is 0.0710 e. The summed E-state index contributed by atoms with van der Waals surface area (Å²) in [6.45, 7) is 3.09. The van der Waals surface area contributed by atoms with Crippen LogP contribution in [0.2, 0.25) is 0 Å². The van der Waals surface area contributed by atoms with E-state index in [0.717, 1.165) is 13.1 Å². The first-order valence-electron chi connectivity index (χ1n) is 5.29. The number of nitrogens with zero attached hydrogens (tertiary/aromatic N) is 1. The van der Waals surface area contributed by atoms with E-state index in [1.165, 1.54) is 32.2 Å². The van der Waals surface area contributed by atoms with Crippen molar-refractivity contribution in [2.75, 3.05) is 26.7 Å². The number of methoxy groups -OCH3 is 1. The van der Waals surface area contributed by atoms with Crippen LogP contribution in [-0.2, 0) is 4.74 Å². The minimum atomic E-state index is 0.354. The van der Waals surface area contributed by atoms with E-state index in [2.05, 4.69) is 4.90 Å². The highest BCUT2D eigenvalue weighted by molar-refractivity contribution is 5.01. The highest BCUT2D eigenvalue weighted by atomic mass is 16.5. The molecule has 0 amide bonds. The van der Waals surface area contributed by atoms with E-state index in [4.69, 9.17) is 10.5 Å². The van der Waals surface area contributed by atoms with Crippen LogP contribution in [0.1, 0.15) is 25.7 Å². The van der Waals surface area contributed by atoms with Crippen LogP contribution in [0.4, 0.5) is 0 Å². The number of hydrogen-bond acceptors (Lipinski definition) is 3. The molecule has 0 bridgehead atoms. The molecule has 0 radical (unpaired) electrons. The molecule has 3 nitrogen and oxygen atoms in total. The van der Waals surface area contributed by atoms with Gasteiger partial charge in [-0.15, -0.1) is 0 Å². The average Bonchev–Trinajstić information content (AvgIpc) is 2.52. The van der Waals surface area contributed by atoms with Crippen molar-refractivity contribution < 1.29 is 4.74 Å². The highest BCUT2D eigenvalue weighted by Crippen LogP contribution is 2.38. The molecule has 0 spiro atoms. The van der Waals surface area contributed by atoms with Crippen LogP contribution in [0, 0.1) is 0 Å². The lowest BCUT2D eigenvalue weighted by atomic mass is 9.75. The zero-order valence-corrected chi connectivity index (χ0v) is 8.46. The van der Waals surface area contributed by atoms with Crippen molar-refractivity contribution in [3.63, 3.8) is 0 Å². The Kier molecular flexibility index (Phi) is 2.58. The molecule has 1 heterocycles. The summed E-state index contributed by atoms with van der Waals surface area (Å²) in [7, 11) is 1.81. The van der Waals surface area contributed by atoms with E-state index < -0.39 is 0 Å². The predicted octanol–water partition coefficient (Wildman–Crippen LogP) is 0.588. The molecule has 2 rings (SSSR count). The van der Waals surface area contributed by atoms with Gasteiger partial charge >= 0.3 is 0 Å². The number of rotatable bonds is 3. The molecule has 2 aliphatic rings. The van der Waals surface area contributed by atoms with Crippen molar-refractivity contribution >= 4 is 0 Å². The summed E-state index contributed by atoms with van der Waals surface area (Å²) in [5.74, 6) is 0. The van der Waals surface area contributed by atoms with Gasteiger partial charge in [0.2, 0.25) is 0 Å². The summed E-state index contributed by atoms with van der Waals surface area (Å²) in [5, 5.41) is 0. The van der Waals surface area contributed by atoms with Gasteiger partial charge in [-0.25, -0.2) is 0 Å². The van der Waals surface area contributed by atoms with Gasteiger partial charge in [0.25, 0.3) is 0 Å². The molecule has 1 unspecified atom stereocenters. The van der Waals surface area contributed by atoms with Crippen molar-refractivity contribution in [2.24, 2.45) is 5.73 Å². The SMILES string of the molecule is COC1CCN(C2(CN)CCC2)C1. The van der Waals surface area contributed by atoms with E-state index in [1.807, 2.05) is 7.11 Å². The number of nitrogens with two attached hydrogens (primary N) is 1. The van der Waals surface area contributed by atoms with Gasteiger partial charge in [0.1, 0.15) is 0 Å². The Morgan fingerprint density at radius 1 is 1.54 bits per heavy atom. The smallest absolute Gasteiger partial charge is 0.0710 e. The first-order chi connectivity index (χ1) is 6.30. The van der Waals surface area contributed by atoms with Crippen molar-refractivity contribution in [1.29, 1.82) is 0 Å². The fourth-order valence-electron chi connectivity index (χ4n) is 2.59. The van der Waals surface area contributed by atoms with Crippen LogP contribution >= 0.6 is 0 Å². The molecule has 0 aromatic carbocycles. The lowest BCUT2D eigenvalue weighted by molar-refractivity contribution is 0.0251. The fraction of sp³-hybridized carbons (Fsp3) is 1.00. The van der Waals surface area contributed by atoms with Crippen LogP contribution in [-0.4, -0.2) is 43.3 Å². The number of hydrogen-bond donors (Lipinski definition) is 1. The second-order valence-corrected chi connectivity index (χ2v) is 4.37. The normalized spacial score (nSPS) is 33.2. The minimum absolute atomic E-state index is 0.354. The molecule has 2 N–H and O–H groups in total. The molecular weight excluding hydrogens is 164 g/mol. The van der Waals surface area contributed by atoms with Crippen molar-refractivity contribution in [3.8, 4) is 0 Å². The largest absolute Gasteiger partial charge is 0.380 e. The second-order valence-electron chi connectivity index (χ2n) is 4.37. The van der Waals surface area contributed by atoms with Gasteiger partial charge < -0.3 is 10.5 Å². The van der Waals surface area contributed by atoms with E-state index in [1.54, 1.807) is 0 Å². The lowest BCUT2D eigenvalue weighted by Crippen LogP contribution is -2.57. The fourth-order valence-corrected chi connectivity index (χ4v) is 2.59. The first-order valence-corrected chi connectivity index (χ1v) is 5.29. The zero-order chi connectivity index (χ0) is 9.31. The Morgan fingerprint density at radius 2 is 2.31 bits per heavy atom. The summed E-state index contributed by atoms with van der Waals surface area (Å²) in [6.07, 6.45) is 5.56. The number of likely N-dealkylation sites (tertiary alicyclic amines) is 1. The molecule has 76 valence electrons. The molecule has 0 aromatic rings. The second kappa shape index (κ2) is 3.56. The maximum atomic E-state index is 5.85. The predicted molar refractivity (Wildman–Crippen MR) is 52.6 cm³/mol.